The number of aromatic amines is 1. The van der Waals surface area contributed by atoms with E-state index in [4.69, 9.17) is 4.74 Å². The third-order valence-corrected chi connectivity index (χ3v) is 5.46. The summed E-state index contributed by atoms with van der Waals surface area (Å²) in [6.07, 6.45) is 0. The number of ether oxygens (including phenoxy) is 1. The number of hydrogen-bond donors (Lipinski definition) is 1. The summed E-state index contributed by atoms with van der Waals surface area (Å²) in [6, 6.07) is 7.87. The first-order chi connectivity index (χ1) is 7.65. The topological polar surface area (TPSA) is 25.0 Å². The maximum atomic E-state index is 5.33. The fourth-order valence-corrected chi connectivity index (χ4v) is 2.93. The zero-order valence-electron chi connectivity index (χ0n) is 8.35. The normalized spacial score (nSPS) is 10.5. The molecule has 1 aromatic carbocycles. The summed E-state index contributed by atoms with van der Waals surface area (Å²) in [5.41, 5.74) is 2.00. The molecule has 2 nitrogen and oxygen atoms in total. The molecule has 0 unspecified atom stereocenters. The Morgan fingerprint density at radius 2 is 1.75 bits per heavy atom. The number of para-hydroxylation sites is 1. The smallest absolute Gasteiger partial charge is 0.128 e. The highest BCUT2D eigenvalue weighted by molar-refractivity contribution is 9.14. The molecule has 0 fully saturated rings. The Labute approximate surface area is 119 Å². The molecule has 0 saturated heterocycles. The molecule has 0 radical (unpaired) electrons. The van der Waals surface area contributed by atoms with Gasteiger partial charge in [-0.25, -0.2) is 0 Å². The molecule has 2 aromatic rings. The van der Waals surface area contributed by atoms with Gasteiger partial charge < -0.3 is 9.72 Å². The van der Waals surface area contributed by atoms with Gasteiger partial charge in [0.15, 0.2) is 0 Å². The zero-order valence-corrected chi connectivity index (χ0v) is 13.1. The van der Waals surface area contributed by atoms with Gasteiger partial charge in [-0.2, -0.15) is 0 Å². The van der Waals surface area contributed by atoms with Gasteiger partial charge in [0, 0.05) is 5.56 Å². The molecule has 0 spiro atoms. The highest BCUT2D eigenvalue weighted by Gasteiger charge is 2.15. The van der Waals surface area contributed by atoms with Crippen LogP contribution in [0.1, 0.15) is 0 Å². The maximum Gasteiger partial charge on any atom is 0.128 e. The molecule has 16 heavy (non-hydrogen) atoms. The molecular weight excluding hydrogens is 402 g/mol. The van der Waals surface area contributed by atoms with Gasteiger partial charge in [0.05, 0.1) is 26.4 Å². The summed E-state index contributed by atoms with van der Waals surface area (Å²) >= 11 is 10.5. The lowest BCUT2D eigenvalue weighted by molar-refractivity contribution is 0.416. The molecule has 0 saturated carbocycles. The van der Waals surface area contributed by atoms with Crippen molar-refractivity contribution in [2.24, 2.45) is 0 Å². The predicted octanol–water partition coefficient (Wildman–Crippen LogP) is 4.98. The van der Waals surface area contributed by atoms with E-state index in [-0.39, 0.29) is 0 Å². The molecule has 1 heterocycles. The van der Waals surface area contributed by atoms with Crippen molar-refractivity contribution in [1.82, 2.24) is 4.98 Å². The van der Waals surface area contributed by atoms with Gasteiger partial charge in [0.2, 0.25) is 0 Å². The summed E-state index contributed by atoms with van der Waals surface area (Å²) < 4.78 is 8.18. The average Bonchev–Trinajstić information content (AvgIpc) is 2.57. The predicted molar refractivity (Wildman–Crippen MR) is 75.9 cm³/mol. The lowest BCUT2D eigenvalue weighted by atomic mass is 10.1. The Balaban J connectivity index is 2.63. The Bertz CT molecular complexity index is 522. The number of H-pyrrole nitrogens is 1. The van der Waals surface area contributed by atoms with E-state index in [1.54, 1.807) is 7.11 Å². The van der Waals surface area contributed by atoms with Gasteiger partial charge in [-0.1, -0.05) is 12.1 Å². The van der Waals surface area contributed by atoms with Crippen LogP contribution in [-0.2, 0) is 0 Å². The molecule has 2 rings (SSSR count). The number of aromatic nitrogens is 1. The Hall–Kier alpha value is -0.260. The highest BCUT2D eigenvalue weighted by atomic mass is 79.9. The number of rotatable bonds is 2. The first-order valence-electron chi connectivity index (χ1n) is 4.51. The lowest BCUT2D eigenvalue weighted by Crippen LogP contribution is -1.87. The van der Waals surface area contributed by atoms with Crippen molar-refractivity contribution in [3.8, 4) is 17.0 Å². The van der Waals surface area contributed by atoms with Crippen molar-refractivity contribution in [3.63, 3.8) is 0 Å². The zero-order chi connectivity index (χ0) is 11.7. The number of nitrogens with one attached hydrogen (secondary N) is 1. The highest BCUT2D eigenvalue weighted by Crippen LogP contribution is 2.41. The van der Waals surface area contributed by atoms with Crippen LogP contribution in [0.5, 0.6) is 5.75 Å². The van der Waals surface area contributed by atoms with Crippen molar-refractivity contribution < 1.29 is 4.74 Å². The molecule has 84 valence electrons. The van der Waals surface area contributed by atoms with Crippen molar-refractivity contribution in [1.29, 1.82) is 0 Å². The van der Waals surface area contributed by atoms with Crippen LogP contribution in [0.25, 0.3) is 11.3 Å². The van der Waals surface area contributed by atoms with Gasteiger partial charge in [-0.05, 0) is 59.9 Å². The van der Waals surface area contributed by atoms with Crippen LogP contribution in [-0.4, -0.2) is 12.1 Å². The average molecular weight is 410 g/mol. The van der Waals surface area contributed by atoms with E-state index in [0.717, 1.165) is 30.6 Å². The van der Waals surface area contributed by atoms with Gasteiger partial charge in [-0.3, -0.25) is 0 Å². The third-order valence-electron chi connectivity index (χ3n) is 2.22. The first-order valence-corrected chi connectivity index (χ1v) is 6.89. The van der Waals surface area contributed by atoms with Crippen LogP contribution in [0, 0.1) is 0 Å². The minimum absolute atomic E-state index is 0.837. The monoisotopic (exact) mass is 407 g/mol. The van der Waals surface area contributed by atoms with Gasteiger partial charge >= 0.3 is 0 Å². The van der Waals surface area contributed by atoms with Crippen LogP contribution in [0.2, 0.25) is 0 Å². The van der Waals surface area contributed by atoms with Crippen LogP contribution < -0.4 is 4.74 Å². The number of methoxy groups -OCH3 is 1. The molecule has 0 aliphatic carbocycles. The fourth-order valence-electron chi connectivity index (χ4n) is 1.46. The van der Waals surface area contributed by atoms with Gasteiger partial charge in [0.1, 0.15) is 5.75 Å². The number of halogens is 3. The van der Waals surface area contributed by atoms with E-state index >= 15 is 0 Å². The van der Waals surface area contributed by atoms with E-state index < -0.39 is 0 Å². The number of benzene rings is 1. The van der Waals surface area contributed by atoms with E-state index in [0.29, 0.717) is 0 Å². The van der Waals surface area contributed by atoms with Crippen molar-refractivity contribution in [2.75, 3.05) is 7.11 Å². The Morgan fingerprint density at radius 3 is 2.31 bits per heavy atom. The van der Waals surface area contributed by atoms with Crippen molar-refractivity contribution in [3.05, 3.63) is 37.8 Å². The van der Waals surface area contributed by atoms with Crippen molar-refractivity contribution >= 4 is 47.8 Å². The summed E-state index contributed by atoms with van der Waals surface area (Å²) in [5, 5.41) is 0. The van der Waals surface area contributed by atoms with Crippen LogP contribution in [0.4, 0.5) is 0 Å². The summed E-state index contributed by atoms with van der Waals surface area (Å²) in [4.78, 5) is 3.25. The van der Waals surface area contributed by atoms with E-state index in [1.165, 1.54) is 0 Å². The quantitative estimate of drug-likeness (QED) is 0.743. The van der Waals surface area contributed by atoms with Gasteiger partial charge in [0.25, 0.3) is 0 Å². The SMILES string of the molecule is COc1ccccc1-c1[nH]c(Br)c(Br)c1Br. The molecule has 0 aliphatic rings. The molecular formula is C11H8Br3NO. The minimum Gasteiger partial charge on any atom is -0.496 e. The first kappa shape index (κ1) is 12.2. The second-order valence-electron chi connectivity index (χ2n) is 3.14. The van der Waals surface area contributed by atoms with E-state index in [9.17, 15) is 0 Å². The fraction of sp³-hybridized carbons (Fsp3) is 0.0909. The summed E-state index contributed by atoms with van der Waals surface area (Å²) in [6.45, 7) is 0. The summed E-state index contributed by atoms with van der Waals surface area (Å²) in [5.74, 6) is 0.837. The third kappa shape index (κ3) is 2.08. The molecule has 0 atom stereocenters. The molecule has 0 bridgehead atoms. The summed E-state index contributed by atoms with van der Waals surface area (Å²) in [7, 11) is 1.67. The lowest BCUT2D eigenvalue weighted by Gasteiger charge is -2.06. The maximum absolute atomic E-state index is 5.33. The largest absolute Gasteiger partial charge is 0.496 e. The van der Waals surface area contributed by atoms with Crippen LogP contribution >= 0.6 is 47.8 Å². The standard InChI is InChI=1S/C11H8Br3NO/c1-16-7-5-3-2-4-6(7)10-8(12)9(13)11(14)15-10/h2-5,15H,1H3. The van der Waals surface area contributed by atoms with Crippen LogP contribution in [0.15, 0.2) is 37.8 Å². The Morgan fingerprint density at radius 1 is 1.06 bits per heavy atom. The van der Waals surface area contributed by atoms with E-state index in [2.05, 4.69) is 52.8 Å². The minimum atomic E-state index is 0.837. The van der Waals surface area contributed by atoms with E-state index in [1.807, 2.05) is 24.3 Å². The molecule has 5 heteroatoms. The molecule has 0 amide bonds. The van der Waals surface area contributed by atoms with Gasteiger partial charge in [-0.15, -0.1) is 0 Å². The molecule has 1 aromatic heterocycles. The molecule has 0 aliphatic heterocycles. The number of hydrogen-bond acceptors (Lipinski definition) is 1. The Kier molecular flexibility index (Phi) is 3.77. The second kappa shape index (κ2) is 4.94. The van der Waals surface area contributed by atoms with Crippen LogP contribution in [0.3, 0.4) is 0 Å². The molecule has 1 N–H and O–H groups in total. The van der Waals surface area contributed by atoms with Crippen molar-refractivity contribution in [2.45, 2.75) is 0 Å². The second-order valence-corrected chi connectivity index (χ2v) is 5.52.